The van der Waals surface area contributed by atoms with Gasteiger partial charge in [0, 0.05) is 5.69 Å². The van der Waals surface area contributed by atoms with E-state index in [1.165, 1.54) is 5.56 Å². The number of hydrogen-bond donors (Lipinski definition) is 2. The average Bonchev–Trinajstić information content (AvgIpc) is 2.58. The summed E-state index contributed by atoms with van der Waals surface area (Å²) in [5.74, 6) is -0.745. The van der Waals surface area contributed by atoms with Crippen molar-refractivity contribution in [2.75, 3.05) is 5.32 Å². The van der Waals surface area contributed by atoms with Gasteiger partial charge < -0.3 is 10.4 Å². The van der Waals surface area contributed by atoms with Crippen LogP contribution in [0.25, 0.3) is 0 Å². The first-order valence-electron chi connectivity index (χ1n) is 6.46. The summed E-state index contributed by atoms with van der Waals surface area (Å²) in [7, 11) is 0. The van der Waals surface area contributed by atoms with Crippen molar-refractivity contribution < 1.29 is 9.90 Å². The highest BCUT2D eigenvalue weighted by Gasteiger charge is 2.54. The van der Waals surface area contributed by atoms with E-state index in [9.17, 15) is 9.90 Å². The van der Waals surface area contributed by atoms with E-state index in [0.29, 0.717) is 6.42 Å². The molecule has 1 atom stereocenters. The molecule has 3 heteroatoms. The fourth-order valence-corrected chi connectivity index (χ4v) is 2.91. The minimum Gasteiger partial charge on any atom is -0.479 e. The maximum atomic E-state index is 11.7. The summed E-state index contributed by atoms with van der Waals surface area (Å²) in [5, 5.41) is 12.9. The van der Waals surface area contributed by atoms with E-state index in [4.69, 9.17) is 0 Å². The molecule has 1 saturated carbocycles. The molecule has 0 heterocycles. The van der Waals surface area contributed by atoms with E-state index in [1.54, 1.807) is 0 Å². The smallest absolute Gasteiger partial charge is 0.329 e. The lowest BCUT2D eigenvalue weighted by atomic mass is 9.74. The van der Waals surface area contributed by atoms with Gasteiger partial charge in [-0.15, -0.1) is 0 Å². The molecule has 0 aromatic heterocycles. The number of aryl methyl sites for hydroxylation is 1. The second-order valence-corrected chi connectivity index (χ2v) is 5.94. The Labute approximate surface area is 108 Å². The minimum absolute atomic E-state index is 0.232. The molecule has 1 aliphatic carbocycles. The van der Waals surface area contributed by atoms with Crippen molar-refractivity contribution in [3.05, 3.63) is 29.8 Å². The van der Waals surface area contributed by atoms with Crippen LogP contribution in [0.1, 0.15) is 38.7 Å². The monoisotopic (exact) mass is 247 g/mol. The normalized spacial score (nSPS) is 25.9. The molecule has 1 unspecified atom stereocenters. The molecule has 0 amide bonds. The average molecular weight is 247 g/mol. The second kappa shape index (κ2) is 4.30. The Hall–Kier alpha value is -1.51. The molecule has 1 aliphatic rings. The van der Waals surface area contributed by atoms with Gasteiger partial charge in [0.25, 0.3) is 0 Å². The van der Waals surface area contributed by atoms with Crippen LogP contribution in [0.2, 0.25) is 0 Å². The van der Waals surface area contributed by atoms with Crippen LogP contribution in [0.5, 0.6) is 0 Å². The first kappa shape index (κ1) is 12.9. The van der Waals surface area contributed by atoms with Crippen LogP contribution < -0.4 is 5.32 Å². The number of benzene rings is 1. The van der Waals surface area contributed by atoms with Gasteiger partial charge in [0.15, 0.2) is 0 Å². The summed E-state index contributed by atoms with van der Waals surface area (Å²) >= 11 is 0. The van der Waals surface area contributed by atoms with Crippen molar-refractivity contribution in [3.8, 4) is 0 Å². The zero-order valence-corrected chi connectivity index (χ0v) is 11.3. The topological polar surface area (TPSA) is 49.3 Å². The maximum absolute atomic E-state index is 11.7. The number of nitrogens with one attached hydrogen (secondary N) is 1. The van der Waals surface area contributed by atoms with E-state index in [0.717, 1.165) is 18.5 Å². The Morgan fingerprint density at radius 1 is 1.22 bits per heavy atom. The Morgan fingerprint density at radius 3 is 2.28 bits per heavy atom. The fraction of sp³-hybridized carbons (Fsp3) is 0.533. The molecule has 1 aromatic carbocycles. The second-order valence-electron chi connectivity index (χ2n) is 5.94. The molecule has 1 aromatic rings. The molecule has 18 heavy (non-hydrogen) atoms. The predicted octanol–water partition coefficient (Wildman–Crippen LogP) is 3.44. The Morgan fingerprint density at radius 2 is 1.83 bits per heavy atom. The molecular weight excluding hydrogens is 226 g/mol. The molecule has 0 aliphatic heterocycles. The summed E-state index contributed by atoms with van der Waals surface area (Å²) in [6, 6.07) is 7.91. The Balaban J connectivity index is 2.33. The van der Waals surface area contributed by atoms with E-state index in [2.05, 4.69) is 5.32 Å². The summed E-state index contributed by atoms with van der Waals surface area (Å²) in [5.41, 5.74) is 0.986. The summed E-state index contributed by atoms with van der Waals surface area (Å²) < 4.78 is 0. The Bertz CT molecular complexity index is 450. The van der Waals surface area contributed by atoms with Gasteiger partial charge in [-0.2, -0.15) is 0 Å². The van der Waals surface area contributed by atoms with Crippen molar-refractivity contribution in [1.82, 2.24) is 0 Å². The molecule has 0 bridgehead atoms. The number of hydrogen-bond acceptors (Lipinski definition) is 2. The maximum Gasteiger partial charge on any atom is 0.329 e. The molecule has 0 radical (unpaired) electrons. The van der Waals surface area contributed by atoms with Crippen LogP contribution in [0.4, 0.5) is 5.69 Å². The third-order valence-electron chi connectivity index (χ3n) is 4.28. The highest BCUT2D eigenvalue weighted by atomic mass is 16.4. The lowest BCUT2D eigenvalue weighted by Gasteiger charge is -2.39. The highest BCUT2D eigenvalue weighted by Crippen LogP contribution is 2.48. The SMILES string of the molecule is Cc1ccc(NC2(C(=O)O)CCCC2(C)C)cc1. The zero-order chi connectivity index (χ0) is 13.4. The summed E-state index contributed by atoms with van der Waals surface area (Å²) in [4.78, 5) is 11.7. The van der Waals surface area contributed by atoms with Gasteiger partial charge >= 0.3 is 5.97 Å². The van der Waals surface area contributed by atoms with Crippen molar-refractivity contribution in [2.45, 2.75) is 45.6 Å². The minimum atomic E-state index is -0.845. The van der Waals surface area contributed by atoms with Crippen LogP contribution in [0, 0.1) is 12.3 Å². The highest BCUT2D eigenvalue weighted by molar-refractivity contribution is 5.84. The lowest BCUT2D eigenvalue weighted by molar-refractivity contribution is -0.145. The van der Waals surface area contributed by atoms with Crippen molar-refractivity contribution >= 4 is 11.7 Å². The number of aliphatic carboxylic acids is 1. The zero-order valence-electron chi connectivity index (χ0n) is 11.3. The van der Waals surface area contributed by atoms with Crippen LogP contribution in [-0.4, -0.2) is 16.6 Å². The predicted molar refractivity (Wildman–Crippen MR) is 72.8 cm³/mol. The molecule has 1 fully saturated rings. The fourth-order valence-electron chi connectivity index (χ4n) is 2.91. The first-order chi connectivity index (χ1) is 8.37. The van der Waals surface area contributed by atoms with Crippen LogP contribution >= 0.6 is 0 Å². The summed E-state index contributed by atoms with van der Waals surface area (Å²) in [6.45, 7) is 6.10. The van der Waals surface area contributed by atoms with E-state index in [-0.39, 0.29) is 5.41 Å². The Kier molecular flexibility index (Phi) is 3.09. The standard InChI is InChI=1S/C15H21NO2/c1-11-5-7-12(8-6-11)16-15(13(17)18)10-4-9-14(15,2)3/h5-8,16H,4,9-10H2,1-3H3,(H,17,18). The number of anilines is 1. The van der Waals surface area contributed by atoms with Crippen LogP contribution in [-0.2, 0) is 4.79 Å². The van der Waals surface area contributed by atoms with Gasteiger partial charge in [0.1, 0.15) is 5.54 Å². The van der Waals surface area contributed by atoms with Gasteiger partial charge in [-0.25, -0.2) is 4.79 Å². The van der Waals surface area contributed by atoms with E-state index in [1.807, 2.05) is 45.0 Å². The summed E-state index contributed by atoms with van der Waals surface area (Å²) in [6.07, 6.45) is 2.58. The number of carboxylic acids is 1. The van der Waals surface area contributed by atoms with Gasteiger partial charge in [-0.1, -0.05) is 31.5 Å². The van der Waals surface area contributed by atoms with Crippen molar-refractivity contribution in [2.24, 2.45) is 5.41 Å². The van der Waals surface area contributed by atoms with Crippen molar-refractivity contribution in [1.29, 1.82) is 0 Å². The van der Waals surface area contributed by atoms with Gasteiger partial charge in [0.05, 0.1) is 0 Å². The molecule has 0 spiro atoms. The van der Waals surface area contributed by atoms with Gasteiger partial charge in [-0.3, -0.25) is 0 Å². The van der Waals surface area contributed by atoms with Crippen LogP contribution in [0.3, 0.4) is 0 Å². The largest absolute Gasteiger partial charge is 0.479 e. The number of carbonyl (C=O) groups is 1. The molecule has 0 saturated heterocycles. The van der Waals surface area contributed by atoms with Crippen molar-refractivity contribution in [3.63, 3.8) is 0 Å². The third kappa shape index (κ3) is 1.98. The molecule has 2 N–H and O–H groups in total. The molecule has 98 valence electrons. The number of carboxylic acid groups (broad SMARTS) is 1. The third-order valence-corrected chi connectivity index (χ3v) is 4.28. The van der Waals surface area contributed by atoms with Gasteiger partial charge in [0.2, 0.25) is 0 Å². The quantitative estimate of drug-likeness (QED) is 0.860. The van der Waals surface area contributed by atoms with E-state index >= 15 is 0 Å². The molecule has 3 nitrogen and oxygen atoms in total. The molecular formula is C15H21NO2. The first-order valence-corrected chi connectivity index (χ1v) is 6.46. The van der Waals surface area contributed by atoms with Gasteiger partial charge in [-0.05, 0) is 43.7 Å². The number of rotatable bonds is 3. The van der Waals surface area contributed by atoms with Crippen LogP contribution in [0.15, 0.2) is 24.3 Å². The van der Waals surface area contributed by atoms with E-state index < -0.39 is 11.5 Å². The molecule has 2 rings (SSSR count). The lowest BCUT2D eigenvalue weighted by Crippen LogP contribution is -2.53.